The van der Waals surface area contributed by atoms with Gasteiger partial charge in [-0.15, -0.1) is 0 Å². The largest absolute Gasteiger partial charge is 0.305 e. The molecule has 0 fully saturated rings. The smallest absolute Gasteiger partial charge is 0.255 e. The van der Waals surface area contributed by atoms with Crippen molar-refractivity contribution in [1.82, 2.24) is 29.6 Å². The fourth-order valence-electron chi connectivity index (χ4n) is 3.25. The maximum absolute atomic E-state index is 12.6. The number of rotatable bonds is 4. The lowest BCUT2D eigenvalue weighted by Crippen LogP contribution is -2.35. The maximum atomic E-state index is 12.6. The van der Waals surface area contributed by atoms with E-state index in [1.165, 1.54) is 0 Å². The molecule has 0 spiro atoms. The van der Waals surface area contributed by atoms with Crippen LogP contribution >= 0.6 is 0 Å². The molecule has 0 saturated heterocycles. The van der Waals surface area contributed by atoms with Gasteiger partial charge in [-0.25, -0.2) is 9.67 Å². The average Bonchev–Trinajstić information content (AvgIpc) is 3.02. The lowest BCUT2D eigenvalue weighted by Gasteiger charge is -2.27. The summed E-state index contributed by atoms with van der Waals surface area (Å²) < 4.78 is 1.72. The highest BCUT2D eigenvalue weighted by Crippen LogP contribution is 2.19. The molecule has 3 aromatic rings. The number of fused-ring (bicyclic) bond motifs is 1. The van der Waals surface area contributed by atoms with E-state index in [0.717, 1.165) is 42.0 Å². The monoisotopic (exact) mass is 348 g/mol. The van der Waals surface area contributed by atoms with Crippen molar-refractivity contribution in [3.8, 4) is 11.5 Å². The first-order valence-corrected chi connectivity index (χ1v) is 8.57. The molecule has 26 heavy (non-hydrogen) atoms. The van der Waals surface area contributed by atoms with Crippen molar-refractivity contribution in [2.45, 2.75) is 26.4 Å². The Labute approximate surface area is 151 Å². The summed E-state index contributed by atoms with van der Waals surface area (Å²) in [5, 5.41) is 4.39. The van der Waals surface area contributed by atoms with Crippen molar-refractivity contribution in [3.05, 3.63) is 70.0 Å². The van der Waals surface area contributed by atoms with E-state index < -0.39 is 0 Å². The molecule has 7 heteroatoms. The molecule has 0 bridgehead atoms. The summed E-state index contributed by atoms with van der Waals surface area (Å²) in [6, 6.07) is 5.57. The zero-order valence-corrected chi connectivity index (χ0v) is 14.6. The van der Waals surface area contributed by atoms with Crippen LogP contribution in [-0.4, -0.2) is 36.2 Å². The van der Waals surface area contributed by atoms with Gasteiger partial charge in [0, 0.05) is 50.2 Å². The summed E-state index contributed by atoms with van der Waals surface area (Å²) in [6.07, 6.45) is 6.09. The second-order valence-electron chi connectivity index (χ2n) is 6.42. The van der Waals surface area contributed by atoms with Crippen LogP contribution in [0.1, 0.15) is 22.5 Å². The Hall–Kier alpha value is -3.06. The molecule has 132 valence electrons. The normalized spacial score (nSPS) is 14.2. The number of hydrogen-bond donors (Lipinski definition) is 1. The van der Waals surface area contributed by atoms with Crippen LogP contribution in [0.2, 0.25) is 0 Å². The number of aryl methyl sites for hydroxylation is 1. The number of nitrogens with one attached hydrogen (secondary N) is 1. The van der Waals surface area contributed by atoms with Crippen molar-refractivity contribution in [1.29, 1.82) is 0 Å². The van der Waals surface area contributed by atoms with Gasteiger partial charge in [-0.05, 0) is 19.1 Å². The van der Waals surface area contributed by atoms with E-state index in [9.17, 15) is 4.79 Å². The second kappa shape index (κ2) is 6.68. The predicted molar refractivity (Wildman–Crippen MR) is 99.3 cm³/mol. The molecule has 0 aromatic carbocycles. The number of hydrogen-bond acceptors (Lipinski definition) is 5. The van der Waals surface area contributed by atoms with E-state index in [1.54, 1.807) is 17.1 Å². The van der Waals surface area contributed by atoms with Gasteiger partial charge in [0.2, 0.25) is 0 Å². The molecule has 0 amide bonds. The van der Waals surface area contributed by atoms with Gasteiger partial charge < -0.3 is 4.98 Å². The van der Waals surface area contributed by atoms with E-state index in [0.29, 0.717) is 18.1 Å². The SMILES string of the molecule is C=Cn1cc(CN2CCc3nc(-c4ccccn4)[nH]c(=O)c3C2)c(C)n1. The van der Waals surface area contributed by atoms with Crippen LogP contribution in [0.5, 0.6) is 0 Å². The lowest BCUT2D eigenvalue weighted by molar-refractivity contribution is 0.241. The summed E-state index contributed by atoms with van der Waals surface area (Å²) in [7, 11) is 0. The van der Waals surface area contributed by atoms with Gasteiger partial charge in [-0.3, -0.25) is 14.7 Å². The van der Waals surface area contributed by atoms with Gasteiger partial charge in [0.05, 0.1) is 17.0 Å². The molecule has 0 saturated carbocycles. The lowest BCUT2D eigenvalue weighted by atomic mass is 10.1. The third kappa shape index (κ3) is 3.09. The molecule has 1 aliphatic heterocycles. The minimum absolute atomic E-state index is 0.0844. The fourth-order valence-corrected chi connectivity index (χ4v) is 3.25. The summed E-state index contributed by atoms with van der Waals surface area (Å²) >= 11 is 0. The minimum atomic E-state index is -0.0844. The van der Waals surface area contributed by atoms with Crippen LogP contribution in [0.15, 0.2) is 42.0 Å². The zero-order valence-electron chi connectivity index (χ0n) is 14.6. The molecule has 1 aliphatic rings. The van der Waals surface area contributed by atoms with Crippen molar-refractivity contribution in [3.63, 3.8) is 0 Å². The quantitative estimate of drug-likeness (QED) is 0.780. The zero-order chi connectivity index (χ0) is 18.1. The van der Waals surface area contributed by atoms with E-state index in [1.807, 2.05) is 31.3 Å². The Kier molecular flexibility index (Phi) is 4.22. The molecule has 0 radical (unpaired) electrons. The first-order valence-electron chi connectivity index (χ1n) is 8.57. The van der Waals surface area contributed by atoms with Crippen LogP contribution in [0.3, 0.4) is 0 Å². The molecule has 4 rings (SSSR count). The number of pyridine rings is 1. The molecule has 0 atom stereocenters. The Morgan fingerprint density at radius 2 is 2.27 bits per heavy atom. The molecule has 0 aliphatic carbocycles. The summed E-state index contributed by atoms with van der Waals surface area (Å²) in [4.78, 5) is 26.6. The van der Waals surface area contributed by atoms with Gasteiger partial charge in [0.25, 0.3) is 5.56 Å². The second-order valence-corrected chi connectivity index (χ2v) is 6.42. The van der Waals surface area contributed by atoms with Gasteiger partial charge in [0.15, 0.2) is 5.82 Å². The third-order valence-corrected chi connectivity index (χ3v) is 4.65. The van der Waals surface area contributed by atoms with E-state index in [-0.39, 0.29) is 5.56 Å². The highest BCUT2D eigenvalue weighted by molar-refractivity contribution is 5.49. The average molecular weight is 348 g/mol. The Balaban J connectivity index is 1.58. The maximum Gasteiger partial charge on any atom is 0.255 e. The number of aromatic amines is 1. The van der Waals surface area contributed by atoms with Crippen LogP contribution < -0.4 is 5.56 Å². The van der Waals surface area contributed by atoms with E-state index >= 15 is 0 Å². The molecular formula is C19H20N6O. The summed E-state index contributed by atoms with van der Waals surface area (Å²) in [5.41, 5.74) is 4.33. The number of aromatic nitrogens is 5. The first kappa shape index (κ1) is 16.4. The molecule has 4 heterocycles. The molecule has 3 aromatic heterocycles. The van der Waals surface area contributed by atoms with Crippen molar-refractivity contribution >= 4 is 6.20 Å². The van der Waals surface area contributed by atoms with Crippen LogP contribution in [0.4, 0.5) is 0 Å². The Morgan fingerprint density at radius 3 is 3.00 bits per heavy atom. The number of nitrogens with zero attached hydrogens (tertiary/aromatic N) is 5. The molecule has 7 nitrogen and oxygen atoms in total. The van der Waals surface area contributed by atoms with Crippen LogP contribution in [-0.2, 0) is 19.5 Å². The van der Waals surface area contributed by atoms with Crippen molar-refractivity contribution < 1.29 is 0 Å². The number of H-pyrrole nitrogens is 1. The molecular weight excluding hydrogens is 328 g/mol. The topological polar surface area (TPSA) is 79.7 Å². The standard InChI is InChI=1S/C19H20N6O/c1-3-25-11-14(13(2)23-25)10-24-9-7-16-15(12-24)19(26)22-18(21-16)17-6-4-5-8-20-17/h3-6,8,11H,1,7,9-10,12H2,2H3,(H,21,22,26). The first-order chi connectivity index (χ1) is 12.6. The van der Waals surface area contributed by atoms with Crippen LogP contribution in [0, 0.1) is 6.92 Å². The van der Waals surface area contributed by atoms with E-state index in [4.69, 9.17) is 0 Å². The van der Waals surface area contributed by atoms with Crippen molar-refractivity contribution in [2.75, 3.05) is 6.54 Å². The summed E-state index contributed by atoms with van der Waals surface area (Å²) in [5.74, 6) is 0.533. The minimum Gasteiger partial charge on any atom is -0.305 e. The highest BCUT2D eigenvalue weighted by Gasteiger charge is 2.22. The fraction of sp³-hybridized carbons (Fsp3) is 0.263. The molecule has 0 unspecified atom stereocenters. The van der Waals surface area contributed by atoms with E-state index in [2.05, 4.69) is 31.5 Å². The molecule has 1 N–H and O–H groups in total. The Bertz CT molecular complexity index is 1000. The summed E-state index contributed by atoms with van der Waals surface area (Å²) in [6.45, 7) is 7.91. The predicted octanol–water partition coefficient (Wildman–Crippen LogP) is 2.00. The third-order valence-electron chi connectivity index (χ3n) is 4.65. The van der Waals surface area contributed by atoms with Gasteiger partial charge in [0.1, 0.15) is 5.69 Å². The van der Waals surface area contributed by atoms with Gasteiger partial charge >= 0.3 is 0 Å². The van der Waals surface area contributed by atoms with Crippen LogP contribution in [0.25, 0.3) is 17.7 Å². The van der Waals surface area contributed by atoms with Gasteiger partial charge in [-0.2, -0.15) is 5.10 Å². The van der Waals surface area contributed by atoms with Crippen molar-refractivity contribution in [2.24, 2.45) is 0 Å². The highest BCUT2D eigenvalue weighted by atomic mass is 16.1. The van der Waals surface area contributed by atoms with Gasteiger partial charge in [-0.1, -0.05) is 12.6 Å². The Morgan fingerprint density at radius 1 is 1.38 bits per heavy atom.